The summed E-state index contributed by atoms with van der Waals surface area (Å²) in [6, 6.07) is -1.03. The molecule has 4 heterocycles. The zero-order valence-corrected chi connectivity index (χ0v) is 18.3. The molecule has 4 rings (SSSR count). The zero-order valence-electron chi connectivity index (χ0n) is 16.6. The Morgan fingerprint density at radius 3 is 2.74 bits per heavy atom. The molecule has 4 atom stereocenters. The second-order valence-corrected chi connectivity index (χ2v) is 9.78. The topological polar surface area (TPSA) is 174 Å². The van der Waals surface area contributed by atoms with Gasteiger partial charge in [-0.3, -0.25) is 19.3 Å². The Balaban J connectivity index is 1.59. The maximum atomic E-state index is 13.0. The number of fused-ring (bicyclic) bond motifs is 3. The molecule has 0 bridgehead atoms. The molecule has 4 N–H and O–H groups in total. The van der Waals surface area contributed by atoms with Crippen LogP contribution in [0.4, 0.5) is 5.13 Å². The van der Waals surface area contributed by atoms with Crippen molar-refractivity contribution in [1.29, 1.82) is 0 Å². The maximum absolute atomic E-state index is 13.0. The maximum Gasteiger partial charge on any atom is 0.370 e. The number of hydrogen-bond acceptors (Lipinski definition) is 11. The minimum atomic E-state index is -2.10. The fraction of sp³-hybridized carbons (Fsp3) is 0.529. The van der Waals surface area contributed by atoms with Crippen molar-refractivity contribution in [2.45, 2.75) is 31.0 Å². The van der Waals surface area contributed by atoms with Gasteiger partial charge in [-0.25, -0.2) is 9.78 Å². The van der Waals surface area contributed by atoms with E-state index in [1.165, 1.54) is 24.3 Å². The number of amides is 2. The number of β-lactam (4-membered cyclic amide) rings is 1. The Bertz CT molecular complexity index is 1020. The van der Waals surface area contributed by atoms with E-state index in [4.69, 9.17) is 15.3 Å². The van der Waals surface area contributed by atoms with E-state index in [2.05, 4.69) is 15.5 Å². The first-order valence-electron chi connectivity index (χ1n) is 9.10. The highest BCUT2D eigenvalue weighted by atomic mass is 32.2. The first-order valence-corrected chi connectivity index (χ1v) is 11.0. The number of nitrogens with two attached hydrogens (primary N) is 1. The second-order valence-electron chi connectivity index (χ2n) is 7.74. The van der Waals surface area contributed by atoms with Crippen molar-refractivity contribution < 1.29 is 33.9 Å². The number of nitrogens with zero attached hydrogens (tertiary/aromatic N) is 3. The van der Waals surface area contributed by atoms with Crippen LogP contribution in [0.2, 0.25) is 0 Å². The van der Waals surface area contributed by atoms with Crippen molar-refractivity contribution in [2.24, 2.45) is 16.5 Å². The molecule has 14 heteroatoms. The van der Waals surface area contributed by atoms with Gasteiger partial charge in [-0.1, -0.05) is 5.16 Å². The monoisotopic (exact) mass is 469 g/mol. The van der Waals surface area contributed by atoms with Gasteiger partial charge in [-0.05, 0) is 13.8 Å². The number of oxime groups is 1. The van der Waals surface area contributed by atoms with Crippen LogP contribution in [0.3, 0.4) is 0 Å². The summed E-state index contributed by atoms with van der Waals surface area (Å²) in [4.78, 5) is 60.1. The van der Waals surface area contributed by atoms with Crippen LogP contribution in [0.5, 0.6) is 0 Å². The third-order valence-electron chi connectivity index (χ3n) is 5.71. The van der Waals surface area contributed by atoms with Gasteiger partial charge < -0.3 is 25.7 Å². The molecule has 3 aliphatic heterocycles. The van der Waals surface area contributed by atoms with E-state index in [0.717, 1.165) is 16.2 Å². The summed E-state index contributed by atoms with van der Waals surface area (Å²) < 4.78 is 5.32. The molecule has 3 saturated heterocycles. The molecule has 166 valence electrons. The number of carboxylic acids is 1. The third-order valence-corrected chi connectivity index (χ3v) is 7.73. The fourth-order valence-corrected chi connectivity index (χ4v) is 6.39. The number of nitrogens with one attached hydrogen (secondary N) is 1. The molecule has 3 aliphatic rings. The molecule has 1 aromatic rings. The smallest absolute Gasteiger partial charge is 0.370 e. The summed E-state index contributed by atoms with van der Waals surface area (Å²) in [5, 5.41) is 17.2. The van der Waals surface area contributed by atoms with E-state index >= 15 is 0 Å². The zero-order chi connectivity index (χ0) is 22.7. The number of hydrogen-bond donors (Lipinski definition) is 3. The van der Waals surface area contributed by atoms with Gasteiger partial charge in [0, 0.05) is 11.1 Å². The van der Waals surface area contributed by atoms with Crippen LogP contribution < -0.4 is 11.1 Å². The summed E-state index contributed by atoms with van der Waals surface area (Å²) in [5.41, 5.74) is 2.43. The number of thioether (sulfide) groups is 1. The Kier molecular flexibility index (Phi) is 4.88. The number of aromatic nitrogens is 1. The van der Waals surface area contributed by atoms with Gasteiger partial charge in [0.15, 0.2) is 10.8 Å². The number of carbonyl (C=O) groups excluding carboxylic acids is 3. The minimum Gasteiger partial charge on any atom is -0.477 e. The number of aliphatic carboxylic acids is 1. The Morgan fingerprint density at radius 1 is 1.45 bits per heavy atom. The van der Waals surface area contributed by atoms with Gasteiger partial charge in [0.05, 0.1) is 11.3 Å². The molecule has 3 fully saturated rings. The molecular formula is C17H19N5O7S2. The first kappa shape index (κ1) is 21.4. The quantitative estimate of drug-likeness (QED) is 0.220. The van der Waals surface area contributed by atoms with Crippen molar-refractivity contribution in [2.75, 3.05) is 18.6 Å². The number of ether oxygens (including phenoxy) is 1. The van der Waals surface area contributed by atoms with Gasteiger partial charge in [0.1, 0.15) is 24.2 Å². The van der Waals surface area contributed by atoms with Crippen molar-refractivity contribution in [1.82, 2.24) is 15.2 Å². The van der Waals surface area contributed by atoms with Crippen LogP contribution in [0, 0.1) is 11.3 Å². The predicted octanol–water partition coefficient (Wildman–Crippen LogP) is -0.544. The predicted molar refractivity (Wildman–Crippen MR) is 109 cm³/mol. The average molecular weight is 470 g/mol. The molecule has 31 heavy (non-hydrogen) atoms. The highest BCUT2D eigenvalue weighted by Gasteiger charge is 2.75. The number of thiazole rings is 1. The standard InChI is InChI=1S/C17H19N5O7S2/c1-16(2)7-5-30-12-9(11(24)22(12)17(7,13(25)26)29-14(16)27)20-10(23)8(21-28-3)6-4-31-15(18)19-6/h4,7,9,12H,5H2,1-3H3,(H2,18,19)(H,20,23)(H,25,26)/t7?,9-,12-,17?/m1/s1. The van der Waals surface area contributed by atoms with Crippen LogP contribution in [0.15, 0.2) is 10.5 Å². The molecule has 1 aromatic heterocycles. The fourth-order valence-electron chi connectivity index (χ4n) is 4.03. The summed E-state index contributed by atoms with van der Waals surface area (Å²) in [6.45, 7) is 3.20. The van der Waals surface area contributed by atoms with Crippen molar-refractivity contribution in [3.8, 4) is 0 Å². The van der Waals surface area contributed by atoms with Gasteiger partial charge in [0.2, 0.25) is 0 Å². The summed E-state index contributed by atoms with van der Waals surface area (Å²) in [7, 11) is 1.25. The van der Waals surface area contributed by atoms with Crippen LogP contribution >= 0.6 is 23.1 Å². The number of carbonyl (C=O) groups is 4. The lowest BCUT2D eigenvalue weighted by atomic mass is 9.74. The van der Waals surface area contributed by atoms with Crippen LogP contribution in [0.25, 0.3) is 0 Å². The third kappa shape index (κ3) is 2.88. The van der Waals surface area contributed by atoms with Crippen molar-refractivity contribution >= 4 is 57.7 Å². The largest absolute Gasteiger partial charge is 0.477 e. The molecule has 0 spiro atoms. The van der Waals surface area contributed by atoms with Crippen LogP contribution in [0.1, 0.15) is 19.5 Å². The molecule has 2 unspecified atom stereocenters. The van der Waals surface area contributed by atoms with E-state index in [-0.39, 0.29) is 22.3 Å². The Hall–Kier alpha value is -2.87. The lowest BCUT2D eigenvalue weighted by Gasteiger charge is -2.57. The Morgan fingerprint density at radius 2 is 2.16 bits per heavy atom. The van der Waals surface area contributed by atoms with Gasteiger partial charge in [-0.2, -0.15) is 0 Å². The molecule has 0 saturated carbocycles. The highest BCUT2D eigenvalue weighted by Crippen LogP contribution is 2.57. The normalized spacial score (nSPS) is 31.3. The van der Waals surface area contributed by atoms with E-state index in [9.17, 15) is 24.3 Å². The number of nitrogen functional groups attached to an aromatic ring is 1. The molecule has 0 radical (unpaired) electrons. The number of rotatable bonds is 5. The second kappa shape index (κ2) is 7.09. The Labute approximate surface area is 184 Å². The SMILES string of the molecule is CON=C(C(=O)N[C@@H]1C(=O)N2[C@@H]1SCC1C(C)(C)C(=O)OC12C(=O)O)c1csc(N)n1. The minimum absolute atomic E-state index is 0.176. The van der Waals surface area contributed by atoms with E-state index in [1.54, 1.807) is 13.8 Å². The average Bonchev–Trinajstić information content (AvgIpc) is 3.22. The van der Waals surface area contributed by atoms with Crippen molar-refractivity contribution in [3.05, 3.63) is 11.1 Å². The summed E-state index contributed by atoms with van der Waals surface area (Å²) >= 11 is 2.38. The van der Waals surface area contributed by atoms with Gasteiger partial charge >= 0.3 is 11.9 Å². The van der Waals surface area contributed by atoms with E-state index < -0.39 is 52.2 Å². The number of esters is 1. The lowest BCUT2D eigenvalue weighted by molar-refractivity contribution is -0.216. The first-order chi connectivity index (χ1) is 14.6. The van der Waals surface area contributed by atoms with Gasteiger partial charge in [-0.15, -0.1) is 23.1 Å². The molecule has 0 aliphatic carbocycles. The molecule has 12 nitrogen and oxygen atoms in total. The summed E-state index contributed by atoms with van der Waals surface area (Å²) in [6.07, 6.45) is 0. The van der Waals surface area contributed by atoms with Gasteiger partial charge in [0.25, 0.3) is 17.5 Å². The van der Waals surface area contributed by atoms with Crippen LogP contribution in [-0.4, -0.2) is 74.5 Å². The molecular weight excluding hydrogens is 450 g/mol. The van der Waals surface area contributed by atoms with E-state index in [1.807, 2.05) is 0 Å². The van der Waals surface area contributed by atoms with Crippen LogP contribution in [-0.2, 0) is 28.8 Å². The molecule has 0 aromatic carbocycles. The summed E-state index contributed by atoms with van der Waals surface area (Å²) in [5.74, 6) is -3.99. The van der Waals surface area contributed by atoms with E-state index in [0.29, 0.717) is 0 Å². The number of carboxylic acid groups (broad SMARTS) is 1. The van der Waals surface area contributed by atoms with Crippen molar-refractivity contribution in [3.63, 3.8) is 0 Å². The highest BCUT2D eigenvalue weighted by molar-refractivity contribution is 8.00. The lowest BCUT2D eigenvalue weighted by Crippen LogP contribution is -2.81. The number of anilines is 1. The molecule has 2 amide bonds.